The molecule has 0 saturated carbocycles. The number of carbonyl (C=O) groups excluding carboxylic acids is 2. The fourth-order valence-electron chi connectivity index (χ4n) is 2.74. The fourth-order valence-corrected chi connectivity index (χ4v) is 2.86. The number of aryl methyl sites for hydroxylation is 1. The summed E-state index contributed by atoms with van der Waals surface area (Å²) in [6.07, 6.45) is 1.71. The van der Waals surface area contributed by atoms with Crippen LogP contribution in [0.3, 0.4) is 0 Å². The molecule has 0 spiro atoms. The lowest BCUT2D eigenvalue weighted by atomic mass is 9.88. The van der Waals surface area contributed by atoms with Gasteiger partial charge in [-0.3, -0.25) is 4.79 Å². The number of rotatable bonds is 8. The van der Waals surface area contributed by atoms with E-state index >= 15 is 0 Å². The monoisotopic (exact) mass is 449 g/mol. The van der Waals surface area contributed by atoms with Gasteiger partial charge >= 0.3 is 6.09 Å². The Hall–Kier alpha value is -2.54. The van der Waals surface area contributed by atoms with Crippen LogP contribution in [0.25, 0.3) is 11.3 Å². The van der Waals surface area contributed by atoms with Crippen LogP contribution in [0.4, 0.5) is 4.79 Å². The van der Waals surface area contributed by atoms with Gasteiger partial charge in [0.25, 0.3) is 0 Å². The maximum absolute atomic E-state index is 12.6. The first-order chi connectivity index (χ1) is 14.4. The second kappa shape index (κ2) is 10.2. The summed E-state index contributed by atoms with van der Waals surface area (Å²) in [6.45, 7) is 11.5. The largest absolute Gasteiger partial charge is 0.444 e. The molecule has 1 unspecified atom stereocenters. The van der Waals surface area contributed by atoms with E-state index in [9.17, 15) is 9.59 Å². The van der Waals surface area contributed by atoms with Crippen LogP contribution in [-0.4, -0.2) is 34.7 Å². The Bertz CT molecular complexity index is 887. The molecule has 2 amide bonds. The summed E-state index contributed by atoms with van der Waals surface area (Å²) in [5, 5.41) is 6.43. The van der Waals surface area contributed by atoms with E-state index in [1.54, 1.807) is 39.1 Å². The number of halogens is 1. The summed E-state index contributed by atoms with van der Waals surface area (Å²) in [6, 6.07) is 7.27. The van der Waals surface area contributed by atoms with E-state index in [0.717, 1.165) is 5.56 Å². The molecule has 0 bridgehead atoms. The summed E-state index contributed by atoms with van der Waals surface area (Å²) in [5.74, 6) is 1.05. The molecule has 7 nitrogen and oxygen atoms in total. The van der Waals surface area contributed by atoms with Gasteiger partial charge in [0.1, 0.15) is 5.60 Å². The number of carbonyl (C=O) groups is 2. The van der Waals surface area contributed by atoms with Crippen LogP contribution in [-0.2, 0) is 16.0 Å². The number of hydrogen-bond donors (Lipinski definition) is 2. The summed E-state index contributed by atoms with van der Waals surface area (Å²) >= 11 is 5.91. The molecule has 0 fully saturated rings. The van der Waals surface area contributed by atoms with Crippen molar-refractivity contribution in [2.75, 3.05) is 6.54 Å². The van der Waals surface area contributed by atoms with Crippen molar-refractivity contribution in [1.82, 2.24) is 15.6 Å². The Kier molecular flexibility index (Phi) is 8.12. The Balaban J connectivity index is 1.90. The third-order valence-electron chi connectivity index (χ3n) is 4.95. The van der Waals surface area contributed by atoms with Crippen LogP contribution in [0.1, 0.15) is 53.9 Å². The third-order valence-corrected chi connectivity index (χ3v) is 5.20. The molecule has 0 aliphatic rings. The van der Waals surface area contributed by atoms with Crippen molar-refractivity contribution in [2.24, 2.45) is 5.92 Å². The smallest absolute Gasteiger partial charge is 0.407 e. The number of alkyl carbamates (subject to hydrolysis) is 1. The average Bonchev–Trinajstić information content (AvgIpc) is 3.13. The van der Waals surface area contributed by atoms with Crippen LogP contribution in [0.5, 0.6) is 0 Å². The standard InChI is InChI=1S/C23H32ClN3O4/c1-15(2)23(6,14-26-21(29)31-22(3,4)5)27-19(28)11-12-20-25-13-18(30-20)16-7-9-17(24)10-8-16/h7-10,13,15H,11-12,14H2,1-6H3,(H,26,29)(H,27,28). The first-order valence-electron chi connectivity index (χ1n) is 10.4. The molecule has 0 aliphatic carbocycles. The normalized spacial score (nSPS) is 13.5. The number of ether oxygens (including phenoxy) is 1. The van der Waals surface area contributed by atoms with Crippen LogP contribution in [0, 0.1) is 5.92 Å². The highest BCUT2D eigenvalue weighted by Gasteiger charge is 2.31. The van der Waals surface area contributed by atoms with Gasteiger partial charge in [0.05, 0.1) is 11.7 Å². The van der Waals surface area contributed by atoms with E-state index in [4.69, 9.17) is 20.8 Å². The summed E-state index contributed by atoms with van der Waals surface area (Å²) in [7, 11) is 0. The molecule has 2 aromatic rings. The molecule has 31 heavy (non-hydrogen) atoms. The van der Waals surface area contributed by atoms with Crippen molar-refractivity contribution >= 4 is 23.6 Å². The van der Waals surface area contributed by atoms with Crippen molar-refractivity contribution in [3.8, 4) is 11.3 Å². The van der Waals surface area contributed by atoms with E-state index < -0.39 is 17.2 Å². The van der Waals surface area contributed by atoms with Crippen molar-refractivity contribution < 1.29 is 18.7 Å². The van der Waals surface area contributed by atoms with Crippen molar-refractivity contribution in [2.45, 2.75) is 65.5 Å². The molecule has 8 heteroatoms. The molecule has 0 saturated heterocycles. The van der Waals surface area contributed by atoms with Crippen LogP contribution in [0.15, 0.2) is 34.9 Å². The minimum absolute atomic E-state index is 0.0876. The van der Waals surface area contributed by atoms with Gasteiger partial charge in [0.2, 0.25) is 5.91 Å². The van der Waals surface area contributed by atoms with Crippen LogP contribution in [0.2, 0.25) is 5.02 Å². The molecular formula is C23H32ClN3O4. The Morgan fingerprint density at radius 3 is 2.39 bits per heavy atom. The number of benzene rings is 1. The van der Waals surface area contributed by atoms with Gasteiger partial charge < -0.3 is 19.8 Å². The molecule has 1 atom stereocenters. The summed E-state index contributed by atoms with van der Waals surface area (Å²) < 4.78 is 11.0. The lowest BCUT2D eigenvalue weighted by molar-refractivity contribution is -0.123. The van der Waals surface area contributed by atoms with E-state index in [1.807, 2.05) is 32.9 Å². The topological polar surface area (TPSA) is 93.5 Å². The third kappa shape index (κ3) is 7.90. The minimum Gasteiger partial charge on any atom is -0.444 e. The zero-order valence-electron chi connectivity index (χ0n) is 19.0. The van der Waals surface area contributed by atoms with Crippen molar-refractivity contribution in [1.29, 1.82) is 0 Å². The second-order valence-electron chi connectivity index (χ2n) is 9.10. The van der Waals surface area contributed by atoms with Gasteiger partial charge in [-0.15, -0.1) is 0 Å². The molecule has 0 radical (unpaired) electrons. The number of aromatic nitrogens is 1. The number of hydrogen-bond acceptors (Lipinski definition) is 5. The Morgan fingerprint density at radius 1 is 1.16 bits per heavy atom. The number of nitrogens with one attached hydrogen (secondary N) is 2. The molecule has 1 heterocycles. The molecule has 1 aromatic carbocycles. The predicted octanol–water partition coefficient (Wildman–Crippen LogP) is 4.98. The van der Waals surface area contributed by atoms with E-state index in [2.05, 4.69) is 15.6 Å². The van der Waals surface area contributed by atoms with Crippen molar-refractivity contribution in [3.05, 3.63) is 41.4 Å². The molecule has 2 rings (SSSR count). The quantitative estimate of drug-likeness (QED) is 0.592. The minimum atomic E-state index is -0.626. The van der Waals surface area contributed by atoms with Gasteiger partial charge in [-0.25, -0.2) is 9.78 Å². The van der Waals surface area contributed by atoms with Gasteiger partial charge in [-0.05, 0) is 57.9 Å². The SMILES string of the molecule is CC(C)C(C)(CNC(=O)OC(C)(C)C)NC(=O)CCc1ncc(-c2ccc(Cl)cc2)o1. The highest BCUT2D eigenvalue weighted by molar-refractivity contribution is 6.30. The fraction of sp³-hybridized carbons (Fsp3) is 0.522. The van der Waals surface area contributed by atoms with Crippen molar-refractivity contribution in [3.63, 3.8) is 0 Å². The lowest BCUT2D eigenvalue weighted by Gasteiger charge is -2.35. The maximum Gasteiger partial charge on any atom is 0.407 e. The van der Waals surface area contributed by atoms with Crippen LogP contribution < -0.4 is 10.6 Å². The lowest BCUT2D eigenvalue weighted by Crippen LogP contribution is -2.57. The van der Waals surface area contributed by atoms with Gasteiger partial charge in [0.15, 0.2) is 11.7 Å². The second-order valence-corrected chi connectivity index (χ2v) is 9.54. The van der Waals surface area contributed by atoms with Gasteiger partial charge in [-0.2, -0.15) is 0 Å². The Labute approximate surface area is 188 Å². The van der Waals surface area contributed by atoms with E-state index in [-0.39, 0.29) is 24.8 Å². The van der Waals surface area contributed by atoms with Gasteiger partial charge in [-0.1, -0.05) is 25.4 Å². The zero-order chi connectivity index (χ0) is 23.2. The highest BCUT2D eigenvalue weighted by Crippen LogP contribution is 2.23. The zero-order valence-corrected chi connectivity index (χ0v) is 19.8. The molecular weight excluding hydrogens is 418 g/mol. The van der Waals surface area contributed by atoms with E-state index in [1.165, 1.54) is 0 Å². The molecule has 170 valence electrons. The number of nitrogens with zero attached hydrogens (tertiary/aromatic N) is 1. The van der Waals surface area contributed by atoms with Crippen LogP contribution >= 0.6 is 11.6 Å². The maximum atomic E-state index is 12.6. The summed E-state index contributed by atoms with van der Waals surface area (Å²) in [5.41, 5.74) is -0.338. The van der Waals surface area contributed by atoms with E-state index in [0.29, 0.717) is 23.1 Å². The summed E-state index contributed by atoms with van der Waals surface area (Å²) in [4.78, 5) is 28.8. The average molecular weight is 450 g/mol. The molecule has 2 N–H and O–H groups in total. The highest BCUT2D eigenvalue weighted by atomic mass is 35.5. The predicted molar refractivity (Wildman–Crippen MR) is 121 cm³/mol. The number of oxazole rings is 1. The Morgan fingerprint density at radius 2 is 1.81 bits per heavy atom. The molecule has 1 aromatic heterocycles. The van der Waals surface area contributed by atoms with Gasteiger partial charge in [0, 0.05) is 30.0 Å². The first kappa shape index (κ1) is 24.7. The first-order valence-corrected chi connectivity index (χ1v) is 10.7. The molecule has 0 aliphatic heterocycles. The number of amides is 2.